The van der Waals surface area contributed by atoms with Crippen LogP contribution in [-0.4, -0.2) is 62.4 Å². The lowest BCUT2D eigenvalue weighted by Gasteiger charge is -2.28. The van der Waals surface area contributed by atoms with Gasteiger partial charge in [-0.15, -0.1) is 0 Å². The second kappa shape index (κ2) is 6.57. The van der Waals surface area contributed by atoms with E-state index in [2.05, 4.69) is 10.3 Å². The predicted octanol–water partition coefficient (Wildman–Crippen LogP) is 0.937. The summed E-state index contributed by atoms with van der Waals surface area (Å²) >= 11 is 0. The Morgan fingerprint density at radius 2 is 2.13 bits per heavy atom. The minimum atomic E-state index is -1.29. The summed E-state index contributed by atoms with van der Waals surface area (Å²) in [6, 6.07) is 0. The van der Waals surface area contributed by atoms with Crippen LogP contribution in [0, 0.1) is 0 Å². The topological polar surface area (TPSA) is 96.7 Å². The van der Waals surface area contributed by atoms with E-state index in [0.29, 0.717) is 19.5 Å². The fourth-order valence-corrected chi connectivity index (χ4v) is 2.58. The molecule has 1 aliphatic rings. The van der Waals surface area contributed by atoms with Gasteiger partial charge in [-0.1, -0.05) is 0 Å². The Labute approximate surface area is 135 Å². The number of nitrogens with one attached hydrogen (secondary N) is 1. The van der Waals surface area contributed by atoms with Gasteiger partial charge in [0.2, 0.25) is 0 Å². The molecule has 1 aliphatic heterocycles. The van der Waals surface area contributed by atoms with E-state index in [9.17, 15) is 14.7 Å². The van der Waals surface area contributed by atoms with E-state index in [0.717, 1.165) is 6.54 Å². The van der Waals surface area contributed by atoms with Gasteiger partial charge in [-0.2, -0.15) is 0 Å². The van der Waals surface area contributed by atoms with Crippen LogP contribution >= 0.6 is 0 Å². The molecule has 2 rings (SSSR count). The third kappa shape index (κ3) is 4.69. The number of aromatic nitrogens is 2. The van der Waals surface area contributed by atoms with Crippen molar-refractivity contribution < 1.29 is 19.4 Å². The second-order valence-electron chi connectivity index (χ2n) is 6.84. The van der Waals surface area contributed by atoms with E-state index in [1.165, 1.54) is 0 Å². The minimum Gasteiger partial charge on any atom is -0.479 e. The fraction of sp³-hybridized carbons (Fsp3) is 0.667. The number of hydrogen-bond donors (Lipinski definition) is 2. The molecule has 0 aromatic carbocycles. The maximum absolute atomic E-state index is 11.9. The number of rotatable bonds is 5. The summed E-state index contributed by atoms with van der Waals surface area (Å²) in [5, 5.41) is 12.1. The summed E-state index contributed by atoms with van der Waals surface area (Å²) in [5.74, 6) is -1.03. The van der Waals surface area contributed by atoms with Crippen molar-refractivity contribution in [2.75, 3.05) is 19.6 Å². The molecule has 1 unspecified atom stereocenters. The predicted molar refractivity (Wildman–Crippen MR) is 83.0 cm³/mol. The Hall–Kier alpha value is -2.09. The number of hydrogen-bond acceptors (Lipinski definition) is 5. The highest BCUT2D eigenvalue weighted by atomic mass is 16.6. The highest BCUT2D eigenvalue weighted by molar-refractivity contribution is 5.85. The first-order chi connectivity index (χ1) is 10.7. The molecule has 2 N–H and O–H groups in total. The Morgan fingerprint density at radius 1 is 1.39 bits per heavy atom. The summed E-state index contributed by atoms with van der Waals surface area (Å²) in [7, 11) is 0. The molecule has 128 valence electrons. The normalized spacial score (nSPS) is 22.0. The van der Waals surface area contributed by atoms with Crippen LogP contribution in [0.25, 0.3) is 0 Å². The van der Waals surface area contributed by atoms with Crippen molar-refractivity contribution in [2.45, 2.75) is 44.9 Å². The van der Waals surface area contributed by atoms with Crippen molar-refractivity contribution in [3.63, 3.8) is 0 Å². The van der Waals surface area contributed by atoms with Crippen LogP contribution in [0.4, 0.5) is 4.79 Å². The summed E-state index contributed by atoms with van der Waals surface area (Å²) < 4.78 is 7.12. The van der Waals surface area contributed by atoms with E-state index >= 15 is 0 Å². The Bertz CT molecular complexity index is 552. The summed E-state index contributed by atoms with van der Waals surface area (Å²) in [4.78, 5) is 29.6. The van der Waals surface area contributed by atoms with Gasteiger partial charge in [0, 0.05) is 38.6 Å². The molecule has 0 saturated carbocycles. The summed E-state index contributed by atoms with van der Waals surface area (Å²) in [6.07, 6.45) is 4.94. The molecule has 1 atom stereocenters. The monoisotopic (exact) mass is 324 g/mol. The third-order valence-electron chi connectivity index (χ3n) is 3.73. The van der Waals surface area contributed by atoms with Crippen LogP contribution in [0.1, 0.15) is 27.2 Å². The molecule has 8 heteroatoms. The van der Waals surface area contributed by atoms with Crippen molar-refractivity contribution >= 4 is 12.1 Å². The molecule has 1 fully saturated rings. The second-order valence-corrected chi connectivity index (χ2v) is 6.84. The number of alkyl carbamates (subject to hydrolysis) is 1. The zero-order chi connectivity index (χ0) is 17.1. The third-order valence-corrected chi connectivity index (χ3v) is 3.73. The number of carbonyl (C=O) groups is 2. The SMILES string of the molecule is CC(C)(C)OC(=O)NC1(C(=O)O)CCN(CCn2ccnc2)C1. The average molecular weight is 324 g/mol. The highest BCUT2D eigenvalue weighted by Gasteiger charge is 2.46. The molecule has 0 radical (unpaired) electrons. The van der Waals surface area contributed by atoms with E-state index in [4.69, 9.17) is 4.74 Å². The Balaban J connectivity index is 1.94. The zero-order valence-corrected chi connectivity index (χ0v) is 13.8. The van der Waals surface area contributed by atoms with Gasteiger partial charge in [0.05, 0.1) is 6.33 Å². The quantitative estimate of drug-likeness (QED) is 0.836. The molecule has 0 aliphatic carbocycles. The molecule has 0 bridgehead atoms. The van der Waals surface area contributed by atoms with Gasteiger partial charge in [0.15, 0.2) is 5.54 Å². The van der Waals surface area contributed by atoms with Crippen LogP contribution in [0.15, 0.2) is 18.7 Å². The maximum atomic E-state index is 11.9. The molecule has 0 spiro atoms. The van der Waals surface area contributed by atoms with Gasteiger partial charge < -0.3 is 19.7 Å². The largest absolute Gasteiger partial charge is 0.479 e. The number of carboxylic acid groups (broad SMARTS) is 1. The van der Waals surface area contributed by atoms with Gasteiger partial charge in [-0.05, 0) is 27.2 Å². The van der Waals surface area contributed by atoms with Crippen LogP contribution < -0.4 is 5.32 Å². The lowest BCUT2D eigenvalue weighted by atomic mass is 9.99. The summed E-state index contributed by atoms with van der Waals surface area (Å²) in [5.41, 5.74) is -1.96. The number of amides is 1. The van der Waals surface area contributed by atoms with E-state index < -0.39 is 23.2 Å². The Kier molecular flexibility index (Phi) is 4.93. The number of nitrogens with zero attached hydrogens (tertiary/aromatic N) is 3. The lowest BCUT2D eigenvalue weighted by Crippen LogP contribution is -2.57. The smallest absolute Gasteiger partial charge is 0.408 e. The number of aliphatic carboxylic acids is 1. The molecule has 1 amide bonds. The lowest BCUT2D eigenvalue weighted by molar-refractivity contribution is -0.144. The van der Waals surface area contributed by atoms with Crippen LogP contribution in [0.3, 0.4) is 0 Å². The molecule has 1 aromatic heterocycles. The molecule has 1 saturated heterocycles. The first-order valence-corrected chi connectivity index (χ1v) is 7.63. The van der Waals surface area contributed by atoms with E-state index in [1.807, 2.05) is 15.7 Å². The molecule has 2 heterocycles. The number of imidazole rings is 1. The van der Waals surface area contributed by atoms with Crippen LogP contribution in [-0.2, 0) is 16.1 Å². The van der Waals surface area contributed by atoms with Crippen molar-refractivity contribution in [3.05, 3.63) is 18.7 Å². The maximum Gasteiger partial charge on any atom is 0.408 e. The molecule has 8 nitrogen and oxygen atoms in total. The van der Waals surface area contributed by atoms with E-state index in [-0.39, 0.29) is 6.54 Å². The minimum absolute atomic E-state index is 0.260. The Morgan fingerprint density at radius 3 is 2.70 bits per heavy atom. The van der Waals surface area contributed by atoms with Gasteiger partial charge in [-0.25, -0.2) is 14.6 Å². The van der Waals surface area contributed by atoms with Gasteiger partial charge in [-0.3, -0.25) is 4.90 Å². The van der Waals surface area contributed by atoms with Crippen molar-refractivity contribution in [1.29, 1.82) is 0 Å². The fourth-order valence-electron chi connectivity index (χ4n) is 2.58. The van der Waals surface area contributed by atoms with Crippen LogP contribution in [0.2, 0.25) is 0 Å². The van der Waals surface area contributed by atoms with Gasteiger partial charge >= 0.3 is 12.1 Å². The number of likely N-dealkylation sites (tertiary alicyclic amines) is 1. The zero-order valence-electron chi connectivity index (χ0n) is 13.8. The standard InChI is InChI=1S/C15H24N4O4/c1-14(2,3)23-13(22)17-15(12(20)21)4-6-18(10-15)8-9-19-7-5-16-11-19/h5,7,11H,4,6,8-10H2,1-3H3,(H,17,22)(H,20,21). The number of carbonyl (C=O) groups excluding carboxylic acids is 1. The first-order valence-electron chi connectivity index (χ1n) is 7.63. The highest BCUT2D eigenvalue weighted by Crippen LogP contribution is 2.22. The molecule has 23 heavy (non-hydrogen) atoms. The van der Waals surface area contributed by atoms with Gasteiger partial charge in [0.25, 0.3) is 0 Å². The van der Waals surface area contributed by atoms with Crippen molar-refractivity contribution in [2.24, 2.45) is 0 Å². The van der Waals surface area contributed by atoms with Crippen LogP contribution in [0.5, 0.6) is 0 Å². The number of carboxylic acids is 1. The first kappa shape index (κ1) is 17.3. The van der Waals surface area contributed by atoms with E-state index in [1.54, 1.807) is 33.3 Å². The summed E-state index contributed by atoms with van der Waals surface area (Å²) in [6.45, 7) is 7.51. The molecule has 1 aromatic rings. The van der Waals surface area contributed by atoms with Crippen molar-refractivity contribution in [3.8, 4) is 0 Å². The average Bonchev–Trinajstić information content (AvgIpc) is 3.03. The number of ether oxygens (including phenoxy) is 1. The molecular weight excluding hydrogens is 300 g/mol. The van der Waals surface area contributed by atoms with Gasteiger partial charge in [0.1, 0.15) is 5.60 Å². The molecular formula is C15H24N4O4. The van der Waals surface area contributed by atoms with Crippen molar-refractivity contribution in [1.82, 2.24) is 19.8 Å².